The van der Waals surface area contributed by atoms with Crippen molar-refractivity contribution in [3.05, 3.63) is 0 Å². The molecule has 3 atom stereocenters. The predicted octanol–water partition coefficient (Wildman–Crippen LogP) is 0.675. The van der Waals surface area contributed by atoms with E-state index in [1.165, 1.54) is 0 Å². The van der Waals surface area contributed by atoms with Gasteiger partial charge in [-0.3, -0.25) is 9.59 Å². The SMILES string of the molecule is CC(C)(C)OC(=O)NCC(=O)N1CC[C@@H]2C[C@H]3C(=O)OC[C@@]231. The van der Waals surface area contributed by atoms with Gasteiger partial charge in [0.25, 0.3) is 0 Å². The number of hydrogen-bond acceptors (Lipinski definition) is 5. The number of nitrogens with one attached hydrogen (secondary N) is 1. The standard InChI is InChI=1S/C15H22N2O5/c1-14(2,3)22-13(20)16-7-11(18)17-5-4-9-6-10-12(19)21-8-15(9,10)17/h9-10H,4-8H2,1-3H3,(H,16,20)/t9-,10+,15-/m1/s1. The lowest BCUT2D eigenvalue weighted by atomic mass is 9.60. The first kappa shape index (κ1) is 15.1. The zero-order valence-electron chi connectivity index (χ0n) is 13.2. The second kappa shape index (κ2) is 4.86. The van der Waals surface area contributed by atoms with Gasteiger partial charge >= 0.3 is 12.1 Å². The molecular weight excluding hydrogens is 288 g/mol. The first-order valence-corrected chi connectivity index (χ1v) is 7.68. The summed E-state index contributed by atoms with van der Waals surface area (Å²) in [5.74, 6) is -0.229. The van der Waals surface area contributed by atoms with E-state index < -0.39 is 17.2 Å². The quantitative estimate of drug-likeness (QED) is 0.758. The number of esters is 1. The predicted molar refractivity (Wildman–Crippen MR) is 75.9 cm³/mol. The second-order valence-electron chi connectivity index (χ2n) is 7.27. The molecule has 0 aromatic carbocycles. The average molecular weight is 310 g/mol. The summed E-state index contributed by atoms with van der Waals surface area (Å²) < 4.78 is 10.3. The van der Waals surface area contributed by atoms with Gasteiger partial charge in [-0.2, -0.15) is 0 Å². The van der Waals surface area contributed by atoms with Crippen LogP contribution in [0.25, 0.3) is 0 Å². The number of carbonyl (C=O) groups excluding carboxylic acids is 3. The van der Waals surface area contributed by atoms with Crippen molar-refractivity contribution in [2.75, 3.05) is 19.7 Å². The Balaban J connectivity index is 1.59. The largest absolute Gasteiger partial charge is 0.463 e. The van der Waals surface area contributed by atoms with Crippen LogP contribution in [0.3, 0.4) is 0 Å². The van der Waals surface area contributed by atoms with E-state index in [9.17, 15) is 14.4 Å². The summed E-state index contributed by atoms with van der Waals surface area (Å²) in [6, 6.07) is 0. The molecule has 3 rings (SSSR count). The first-order chi connectivity index (χ1) is 10.2. The smallest absolute Gasteiger partial charge is 0.408 e. The third-order valence-corrected chi connectivity index (χ3v) is 4.85. The van der Waals surface area contributed by atoms with Crippen LogP contribution in [-0.2, 0) is 19.1 Å². The Hall–Kier alpha value is -1.79. The molecule has 122 valence electrons. The van der Waals surface area contributed by atoms with Gasteiger partial charge in [0.1, 0.15) is 18.8 Å². The maximum atomic E-state index is 12.4. The van der Waals surface area contributed by atoms with E-state index in [1.807, 2.05) is 0 Å². The first-order valence-electron chi connectivity index (χ1n) is 7.68. The summed E-state index contributed by atoms with van der Waals surface area (Å²) in [5, 5.41) is 2.49. The minimum Gasteiger partial charge on any atom is -0.463 e. The number of cyclic esters (lactones) is 1. The minimum absolute atomic E-state index is 0.121. The number of hydrogen-bond donors (Lipinski definition) is 1. The summed E-state index contributed by atoms with van der Waals surface area (Å²) in [5.41, 5.74) is -1.06. The second-order valence-corrected chi connectivity index (χ2v) is 7.27. The van der Waals surface area contributed by atoms with Crippen LogP contribution in [0.4, 0.5) is 4.79 Å². The van der Waals surface area contributed by atoms with Gasteiger partial charge in [0.05, 0.1) is 11.5 Å². The van der Waals surface area contributed by atoms with Gasteiger partial charge in [-0.05, 0) is 39.5 Å². The van der Waals surface area contributed by atoms with Crippen LogP contribution in [0.1, 0.15) is 33.6 Å². The molecule has 1 N–H and O–H groups in total. The maximum Gasteiger partial charge on any atom is 0.408 e. The lowest BCUT2D eigenvalue weighted by molar-refractivity contribution is -0.146. The molecule has 1 saturated carbocycles. The van der Waals surface area contributed by atoms with Gasteiger partial charge in [0.15, 0.2) is 0 Å². The Bertz CT molecular complexity index is 527. The number of carbonyl (C=O) groups is 3. The van der Waals surface area contributed by atoms with Gasteiger partial charge in [-0.25, -0.2) is 4.79 Å². The van der Waals surface area contributed by atoms with Gasteiger partial charge < -0.3 is 19.7 Å². The summed E-state index contributed by atoms with van der Waals surface area (Å²) in [6.45, 7) is 6.08. The van der Waals surface area contributed by atoms with Gasteiger partial charge in [-0.1, -0.05) is 0 Å². The molecule has 7 heteroatoms. The fourth-order valence-corrected chi connectivity index (χ4v) is 3.88. The number of ether oxygens (including phenoxy) is 2. The molecule has 0 unspecified atom stereocenters. The van der Waals surface area contributed by atoms with E-state index in [0.29, 0.717) is 19.1 Å². The van der Waals surface area contributed by atoms with E-state index in [0.717, 1.165) is 12.8 Å². The summed E-state index contributed by atoms with van der Waals surface area (Å²) in [7, 11) is 0. The maximum absolute atomic E-state index is 12.4. The van der Waals surface area contributed by atoms with E-state index in [-0.39, 0.29) is 24.3 Å². The van der Waals surface area contributed by atoms with Crippen LogP contribution in [-0.4, -0.2) is 53.7 Å². The highest BCUT2D eigenvalue weighted by Crippen LogP contribution is 2.57. The van der Waals surface area contributed by atoms with Gasteiger partial charge in [0, 0.05) is 6.54 Å². The minimum atomic E-state index is -0.613. The number of likely N-dealkylation sites (tertiary alicyclic amines) is 1. The molecule has 0 aromatic rings. The molecule has 0 radical (unpaired) electrons. The van der Waals surface area contributed by atoms with Crippen molar-refractivity contribution in [2.45, 2.75) is 44.8 Å². The zero-order chi connectivity index (χ0) is 16.1. The molecule has 7 nitrogen and oxygen atoms in total. The number of amides is 2. The molecule has 2 saturated heterocycles. The van der Waals surface area contributed by atoms with E-state index in [2.05, 4.69) is 5.32 Å². The van der Waals surface area contributed by atoms with Crippen molar-refractivity contribution >= 4 is 18.0 Å². The van der Waals surface area contributed by atoms with E-state index >= 15 is 0 Å². The highest BCUT2D eigenvalue weighted by atomic mass is 16.6. The zero-order valence-corrected chi connectivity index (χ0v) is 13.2. The lowest BCUT2D eigenvalue weighted by Crippen LogP contribution is -2.64. The Morgan fingerprint density at radius 1 is 1.45 bits per heavy atom. The Labute approximate surface area is 129 Å². The monoisotopic (exact) mass is 310 g/mol. The average Bonchev–Trinajstić information content (AvgIpc) is 2.79. The Kier molecular flexibility index (Phi) is 3.34. The molecule has 2 amide bonds. The van der Waals surface area contributed by atoms with Crippen LogP contribution in [0.15, 0.2) is 0 Å². The third kappa shape index (κ3) is 2.23. The van der Waals surface area contributed by atoms with E-state index in [1.54, 1.807) is 25.7 Å². The van der Waals surface area contributed by atoms with Crippen LogP contribution >= 0.6 is 0 Å². The van der Waals surface area contributed by atoms with Crippen molar-refractivity contribution in [3.63, 3.8) is 0 Å². The Morgan fingerprint density at radius 3 is 2.82 bits per heavy atom. The van der Waals surface area contributed by atoms with Crippen molar-refractivity contribution in [1.29, 1.82) is 0 Å². The molecule has 0 aromatic heterocycles. The molecule has 3 aliphatic rings. The molecule has 2 aliphatic heterocycles. The molecule has 22 heavy (non-hydrogen) atoms. The molecule has 1 spiro atoms. The van der Waals surface area contributed by atoms with Crippen LogP contribution in [0.5, 0.6) is 0 Å². The fourth-order valence-electron chi connectivity index (χ4n) is 3.88. The highest BCUT2D eigenvalue weighted by Gasteiger charge is 2.69. The van der Waals surface area contributed by atoms with Crippen LogP contribution in [0.2, 0.25) is 0 Å². The number of nitrogens with zero attached hydrogens (tertiary/aromatic N) is 1. The van der Waals surface area contributed by atoms with Gasteiger partial charge in [-0.15, -0.1) is 0 Å². The van der Waals surface area contributed by atoms with Gasteiger partial charge in [0.2, 0.25) is 5.91 Å². The molecule has 1 aliphatic carbocycles. The summed E-state index contributed by atoms with van der Waals surface area (Å²) in [4.78, 5) is 37.5. The van der Waals surface area contributed by atoms with Crippen molar-refractivity contribution in [2.24, 2.45) is 11.8 Å². The van der Waals surface area contributed by atoms with Crippen molar-refractivity contribution in [3.8, 4) is 0 Å². The van der Waals surface area contributed by atoms with Crippen molar-refractivity contribution < 1.29 is 23.9 Å². The topological polar surface area (TPSA) is 84.9 Å². The molecule has 3 fully saturated rings. The summed E-state index contributed by atoms with van der Waals surface area (Å²) in [6.07, 6.45) is 1.09. The van der Waals surface area contributed by atoms with E-state index in [4.69, 9.17) is 9.47 Å². The molecule has 2 heterocycles. The molecular formula is C15H22N2O5. The summed E-state index contributed by atoms with van der Waals surface area (Å²) >= 11 is 0. The van der Waals surface area contributed by atoms with Crippen LogP contribution in [0, 0.1) is 11.8 Å². The lowest BCUT2D eigenvalue weighted by Gasteiger charge is -2.49. The Morgan fingerprint density at radius 2 is 2.18 bits per heavy atom. The number of alkyl carbamates (subject to hydrolysis) is 1. The van der Waals surface area contributed by atoms with Crippen LogP contribution < -0.4 is 5.32 Å². The third-order valence-electron chi connectivity index (χ3n) is 4.85. The number of rotatable bonds is 2. The van der Waals surface area contributed by atoms with Crippen molar-refractivity contribution in [1.82, 2.24) is 10.2 Å². The normalized spacial score (nSPS) is 32.7. The highest BCUT2D eigenvalue weighted by molar-refractivity contribution is 5.86. The fraction of sp³-hybridized carbons (Fsp3) is 0.800. The molecule has 0 bridgehead atoms.